The van der Waals surface area contributed by atoms with Crippen LogP contribution in [-0.4, -0.2) is 0 Å². The first-order valence-electron chi connectivity index (χ1n) is 7.81. The van der Waals surface area contributed by atoms with E-state index in [2.05, 4.69) is 71.9 Å². The third-order valence-corrected chi connectivity index (χ3v) is 4.15. The Hall–Kier alpha value is -1.76. The van der Waals surface area contributed by atoms with E-state index in [1.54, 1.807) is 0 Å². The highest BCUT2D eigenvalue weighted by molar-refractivity contribution is 5.80. The molecule has 0 aliphatic heterocycles. The number of anilines is 1. The molecule has 1 heteroatoms. The highest BCUT2D eigenvalue weighted by atomic mass is 14.6. The van der Waals surface area contributed by atoms with Crippen molar-refractivity contribution in [1.29, 1.82) is 0 Å². The molecule has 0 saturated carbocycles. The second-order valence-corrected chi connectivity index (χ2v) is 6.74. The maximum Gasteiger partial charge on any atom is 0.0423 e. The molecule has 0 radical (unpaired) electrons. The Morgan fingerprint density at radius 2 is 1.33 bits per heavy atom. The van der Waals surface area contributed by atoms with Gasteiger partial charge in [0, 0.05) is 11.3 Å². The summed E-state index contributed by atoms with van der Waals surface area (Å²) in [4.78, 5) is 0. The molecule has 2 aromatic carbocycles. The van der Waals surface area contributed by atoms with Gasteiger partial charge in [-0.2, -0.15) is 0 Å². The third kappa shape index (κ3) is 3.29. The van der Waals surface area contributed by atoms with Crippen LogP contribution in [0.4, 0.5) is 5.69 Å². The van der Waals surface area contributed by atoms with E-state index in [4.69, 9.17) is 5.73 Å². The van der Waals surface area contributed by atoms with Crippen LogP contribution in [0, 0.1) is 13.8 Å². The van der Waals surface area contributed by atoms with E-state index >= 15 is 0 Å². The van der Waals surface area contributed by atoms with Crippen molar-refractivity contribution >= 4 is 5.69 Å². The molecule has 0 atom stereocenters. The molecular formula is C20H27N. The lowest BCUT2D eigenvalue weighted by atomic mass is 9.90. The Morgan fingerprint density at radius 3 is 1.90 bits per heavy atom. The number of nitrogen functional groups attached to an aromatic ring is 1. The summed E-state index contributed by atoms with van der Waals surface area (Å²) in [5, 5.41) is 0. The molecule has 112 valence electrons. The van der Waals surface area contributed by atoms with Gasteiger partial charge in [0.05, 0.1) is 0 Å². The molecule has 0 fully saturated rings. The Bertz CT molecular complexity index is 651. The molecular weight excluding hydrogens is 254 g/mol. The summed E-state index contributed by atoms with van der Waals surface area (Å²) in [6, 6.07) is 11.3. The predicted octanol–water partition coefficient (Wildman–Crippen LogP) is 5.80. The highest BCUT2D eigenvalue weighted by Gasteiger charge is 2.11. The van der Waals surface area contributed by atoms with Crippen molar-refractivity contribution < 1.29 is 0 Å². The van der Waals surface area contributed by atoms with Gasteiger partial charge in [0.15, 0.2) is 0 Å². The molecule has 2 aromatic rings. The van der Waals surface area contributed by atoms with Crippen molar-refractivity contribution in [2.45, 2.75) is 53.4 Å². The van der Waals surface area contributed by atoms with E-state index in [1.807, 2.05) is 0 Å². The van der Waals surface area contributed by atoms with Gasteiger partial charge in [0.25, 0.3) is 0 Å². The molecule has 0 spiro atoms. The van der Waals surface area contributed by atoms with Gasteiger partial charge in [-0.15, -0.1) is 0 Å². The van der Waals surface area contributed by atoms with E-state index in [9.17, 15) is 0 Å². The predicted molar refractivity (Wildman–Crippen MR) is 93.9 cm³/mol. The van der Waals surface area contributed by atoms with Gasteiger partial charge >= 0.3 is 0 Å². The van der Waals surface area contributed by atoms with Gasteiger partial charge in [-0.3, -0.25) is 0 Å². The Kier molecular flexibility index (Phi) is 4.41. The quantitative estimate of drug-likeness (QED) is 0.707. The molecule has 2 N–H and O–H groups in total. The summed E-state index contributed by atoms with van der Waals surface area (Å²) in [6.45, 7) is 13.2. The molecule has 0 saturated heterocycles. The minimum atomic E-state index is 0.512. The van der Waals surface area contributed by atoms with Crippen LogP contribution < -0.4 is 5.73 Å². The maximum atomic E-state index is 6.36. The smallest absolute Gasteiger partial charge is 0.0423 e. The number of hydrogen-bond donors (Lipinski definition) is 1. The monoisotopic (exact) mass is 281 g/mol. The first-order valence-corrected chi connectivity index (χ1v) is 7.81. The number of aryl methyl sites for hydroxylation is 2. The Balaban J connectivity index is 2.66. The molecule has 2 rings (SSSR count). The van der Waals surface area contributed by atoms with Crippen LogP contribution in [0.15, 0.2) is 30.3 Å². The van der Waals surface area contributed by atoms with E-state index in [0.717, 1.165) is 5.69 Å². The molecule has 0 aliphatic rings. The van der Waals surface area contributed by atoms with Crippen molar-refractivity contribution in [3.8, 4) is 11.1 Å². The summed E-state index contributed by atoms with van der Waals surface area (Å²) in [7, 11) is 0. The Morgan fingerprint density at radius 1 is 0.762 bits per heavy atom. The van der Waals surface area contributed by atoms with E-state index in [0.29, 0.717) is 11.8 Å². The van der Waals surface area contributed by atoms with E-state index in [1.165, 1.54) is 33.4 Å². The number of hydrogen-bond acceptors (Lipinski definition) is 1. The lowest BCUT2D eigenvalue weighted by Gasteiger charge is -2.16. The summed E-state index contributed by atoms with van der Waals surface area (Å²) in [5.74, 6) is 1.04. The van der Waals surface area contributed by atoms with Gasteiger partial charge < -0.3 is 5.73 Å². The third-order valence-electron chi connectivity index (χ3n) is 4.15. The van der Waals surface area contributed by atoms with Gasteiger partial charge in [-0.25, -0.2) is 0 Å². The minimum Gasteiger partial charge on any atom is -0.398 e. The molecule has 0 amide bonds. The zero-order valence-electron chi connectivity index (χ0n) is 14.1. The van der Waals surface area contributed by atoms with Crippen molar-refractivity contribution in [1.82, 2.24) is 0 Å². The fourth-order valence-corrected chi connectivity index (χ4v) is 2.70. The molecule has 0 aliphatic carbocycles. The molecule has 1 nitrogen and oxygen atoms in total. The summed E-state index contributed by atoms with van der Waals surface area (Å²) in [5.41, 5.74) is 14.9. The van der Waals surface area contributed by atoms with Gasteiger partial charge in [-0.1, -0.05) is 57.5 Å². The van der Waals surface area contributed by atoms with E-state index < -0.39 is 0 Å². The fourth-order valence-electron chi connectivity index (χ4n) is 2.70. The topological polar surface area (TPSA) is 26.0 Å². The van der Waals surface area contributed by atoms with Crippen LogP contribution >= 0.6 is 0 Å². The van der Waals surface area contributed by atoms with Crippen LogP contribution in [0.2, 0.25) is 0 Å². The normalized spacial score (nSPS) is 11.4. The molecule has 0 unspecified atom stereocenters. The van der Waals surface area contributed by atoms with Crippen molar-refractivity contribution in [3.63, 3.8) is 0 Å². The fraction of sp³-hybridized carbons (Fsp3) is 0.400. The van der Waals surface area contributed by atoms with Crippen LogP contribution in [0.5, 0.6) is 0 Å². The second-order valence-electron chi connectivity index (χ2n) is 6.74. The van der Waals surface area contributed by atoms with Crippen LogP contribution in [-0.2, 0) is 0 Å². The molecule has 21 heavy (non-hydrogen) atoms. The van der Waals surface area contributed by atoms with Gasteiger partial charge in [0.1, 0.15) is 0 Å². The SMILES string of the molecule is Cc1cc(-c2cc(C(C)C)cc(C)c2N)cc(C(C)C)c1. The highest BCUT2D eigenvalue weighted by Crippen LogP contribution is 2.34. The van der Waals surface area contributed by atoms with Gasteiger partial charge in [0.2, 0.25) is 0 Å². The van der Waals surface area contributed by atoms with Gasteiger partial charge in [-0.05, 0) is 54.0 Å². The minimum absolute atomic E-state index is 0.512. The molecule has 0 heterocycles. The zero-order chi connectivity index (χ0) is 15.7. The number of benzene rings is 2. The van der Waals surface area contributed by atoms with Crippen LogP contribution in [0.25, 0.3) is 11.1 Å². The van der Waals surface area contributed by atoms with Crippen LogP contribution in [0.1, 0.15) is 61.8 Å². The molecule has 0 bridgehead atoms. The first-order chi connectivity index (χ1) is 9.79. The first kappa shape index (κ1) is 15.6. The number of nitrogens with two attached hydrogens (primary N) is 1. The zero-order valence-corrected chi connectivity index (χ0v) is 14.1. The lowest BCUT2D eigenvalue weighted by molar-refractivity contribution is 0.863. The number of rotatable bonds is 3. The van der Waals surface area contributed by atoms with Crippen LogP contribution in [0.3, 0.4) is 0 Å². The van der Waals surface area contributed by atoms with Crippen molar-refractivity contribution in [2.24, 2.45) is 0 Å². The summed E-state index contributed by atoms with van der Waals surface area (Å²) in [6.07, 6.45) is 0. The maximum absolute atomic E-state index is 6.36. The standard InChI is InChI=1S/C20H27N/c1-12(2)16-7-14(5)8-18(10-16)19-11-17(13(3)4)9-15(6)20(19)21/h7-13H,21H2,1-6H3. The molecule has 0 aromatic heterocycles. The van der Waals surface area contributed by atoms with Crippen molar-refractivity contribution in [3.05, 3.63) is 52.6 Å². The van der Waals surface area contributed by atoms with E-state index in [-0.39, 0.29) is 0 Å². The Labute approximate surface area is 129 Å². The average Bonchev–Trinajstić information content (AvgIpc) is 2.40. The summed E-state index contributed by atoms with van der Waals surface area (Å²) < 4.78 is 0. The van der Waals surface area contributed by atoms with Crippen molar-refractivity contribution in [2.75, 3.05) is 5.73 Å². The summed E-state index contributed by atoms with van der Waals surface area (Å²) >= 11 is 0. The largest absolute Gasteiger partial charge is 0.398 e. The second kappa shape index (κ2) is 5.93. The average molecular weight is 281 g/mol. The lowest BCUT2D eigenvalue weighted by Crippen LogP contribution is -1.99.